The molecule has 2 amide bonds. The monoisotopic (exact) mass is 367 g/mol. The van der Waals surface area contributed by atoms with E-state index >= 15 is 0 Å². The molecule has 7 nitrogen and oxygen atoms in total. The van der Waals surface area contributed by atoms with Crippen molar-refractivity contribution in [2.24, 2.45) is 0 Å². The average Bonchev–Trinajstić information content (AvgIpc) is 2.56. The highest BCUT2D eigenvalue weighted by Crippen LogP contribution is 2.10. The number of carbonyl (C=O) groups excluding carboxylic acids is 2. The van der Waals surface area contributed by atoms with Gasteiger partial charge in [-0.3, -0.25) is 9.59 Å². The van der Waals surface area contributed by atoms with Crippen molar-refractivity contribution in [1.29, 1.82) is 0 Å². The minimum atomic E-state index is -0.251. The molecule has 1 aliphatic carbocycles. The van der Waals surface area contributed by atoms with E-state index in [1.807, 2.05) is 20.9 Å². The van der Waals surface area contributed by atoms with E-state index in [0.29, 0.717) is 19.6 Å². The van der Waals surface area contributed by atoms with Gasteiger partial charge in [0, 0.05) is 24.9 Å². The molecule has 0 aromatic carbocycles. The van der Waals surface area contributed by atoms with E-state index in [4.69, 9.17) is 9.47 Å². The summed E-state index contributed by atoms with van der Waals surface area (Å²) in [5.41, 5.74) is -0.251. The van der Waals surface area contributed by atoms with Crippen LogP contribution in [0.5, 0.6) is 0 Å². The third-order valence-electron chi connectivity index (χ3n) is 4.17. The van der Waals surface area contributed by atoms with Gasteiger partial charge in [-0.25, -0.2) is 0 Å². The van der Waals surface area contributed by atoms with Crippen LogP contribution in [-0.4, -0.2) is 57.0 Å². The summed E-state index contributed by atoms with van der Waals surface area (Å²) in [6, 6.07) is 0. The van der Waals surface area contributed by atoms with Gasteiger partial charge in [-0.1, -0.05) is 12.3 Å². The lowest BCUT2D eigenvalue weighted by molar-refractivity contribution is -0.127. The lowest BCUT2D eigenvalue weighted by Gasteiger charge is -2.22. The number of carbonyl (C=O) groups is 2. The van der Waals surface area contributed by atoms with Crippen molar-refractivity contribution in [2.45, 2.75) is 64.0 Å². The van der Waals surface area contributed by atoms with Crippen LogP contribution in [0.25, 0.3) is 0 Å². The van der Waals surface area contributed by atoms with Crippen LogP contribution in [0.1, 0.15) is 52.4 Å². The summed E-state index contributed by atoms with van der Waals surface area (Å²) in [6.07, 6.45) is 5.42. The summed E-state index contributed by atoms with van der Waals surface area (Å²) in [6.45, 7) is 4.74. The second-order valence-electron chi connectivity index (χ2n) is 7.03. The standard InChI is InChI=1S/C19H33N3O4/c1-19(2,20-3)13-17(23)22-15-25-12-11-21-18(24)14-26-16-9-7-5-4-6-8-10-16/h16,20H,4-7,9,11-15H2,1-3H3,(H,21,24)(H,22,23). The molecule has 0 aromatic rings. The van der Waals surface area contributed by atoms with E-state index in [1.165, 1.54) is 6.42 Å². The van der Waals surface area contributed by atoms with Gasteiger partial charge < -0.3 is 25.4 Å². The van der Waals surface area contributed by atoms with Crippen LogP contribution in [0, 0.1) is 11.8 Å². The summed E-state index contributed by atoms with van der Waals surface area (Å²) < 4.78 is 10.9. The van der Waals surface area contributed by atoms with Gasteiger partial charge in [0.1, 0.15) is 19.4 Å². The van der Waals surface area contributed by atoms with Crippen LogP contribution < -0.4 is 16.0 Å². The Balaban J connectivity index is 2.03. The van der Waals surface area contributed by atoms with Crippen LogP contribution in [0.15, 0.2) is 0 Å². The molecule has 0 aromatic heterocycles. The van der Waals surface area contributed by atoms with Crippen molar-refractivity contribution in [1.82, 2.24) is 16.0 Å². The van der Waals surface area contributed by atoms with Crippen LogP contribution >= 0.6 is 0 Å². The fourth-order valence-corrected chi connectivity index (χ4v) is 2.35. The minimum absolute atomic E-state index is 0.00911. The minimum Gasteiger partial charge on any atom is -0.359 e. The molecule has 0 radical (unpaired) electrons. The highest BCUT2D eigenvalue weighted by molar-refractivity contribution is 5.77. The molecule has 1 aliphatic rings. The predicted octanol–water partition coefficient (Wildman–Crippen LogP) is 0.934. The quantitative estimate of drug-likeness (QED) is 0.287. The Morgan fingerprint density at radius 3 is 2.73 bits per heavy atom. The molecule has 0 spiro atoms. The Bertz CT molecular complexity index is 497. The van der Waals surface area contributed by atoms with Gasteiger partial charge in [0.05, 0.1) is 6.61 Å². The Morgan fingerprint density at radius 1 is 1.15 bits per heavy atom. The molecule has 1 rings (SSSR count). The Morgan fingerprint density at radius 2 is 1.96 bits per heavy atom. The molecular formula is C19H33N3O4. The lowest BCUT2D eigenvalue weighted by Crippen LogP contribution is -2.42. The molecule has 0 saturated carbocycles. The molecule has 0 bridgehead atoms. The van der Waals surface area contributed by atoms with Crippen molar-refractivity contribution in [3.05, 3.63) is 0 Å². The number of nitrogens with one attached hydrogen (secondary N) is 3. The Labute approximate surface area is 157 Å². The summed E-state index contributed by atoms with van der Waals surface area (Å²) in [5.74, 6) is 5.89. The second-order valence-corrected chi connectivity index (χ2v) is 7.03. The van der Waals surface area contributed by atoms with E-state index in [9.17, 15) is 9.59 Å². The fourth-order valence-electron chi connectivity index (χ4n) is 2.35. The van der Waals surface area contributed by atoms with Crippen molar-refractivity contribution in [3.63, 3.8) is 0 Å². The van der Waals surface area contributed by atoms with Crippen molar-refractivity contribution in [2.75, 3.05) is 33.5 Å². The van der Waals surface area contributed by atoms with Gasteiger partial charge in [0.15, 0.2) is 0 Å². The fraction of sp³-hybridized carbons (Fsp3) is 0.789. The Kier molecular flexibility index (Phi) is 10.9. The highest BCUT2D eigenvalue weighted by Gasteiger charge is 2.18. The summed E-state index contributed by atoms with van der Waals surface area (Å²) in [4.78, 5) is 23.5. The zero-order chi connectivity index (χ0) is 19.3. The molecule has 3 N–H and O–H groups in total. The van der Waals surface area contributed by atoms with E-state index in [2.05, 4.69) is 27.8 Å². The number of amides is 2. The normalized spacial score (nSPS) is 17.4. The Hall–Kier alpha value is -1.62. The summed E-state index contributed by atoms with van der Waals surface area (Å²) in [5, 5.41) is 8.48. The molecule has 0 aliphatic heterocycles. The van der Waals surface area contributed by atoms with E-state index in [0.717, 1.165) is 25.7 Å². The van der Waals surface area contributed by atoms with Crippen molar-refractivity contribution in [3.8, 4) is 11.8 Å². The third kappa shape index (κ3) is 11.1. The molecule has 26 heavy (non-hydrogen) atoms. The van der Waals surface area contributed by atoms with Gasteiger partial charge in [-0.2, -0.15) is 0 Å². The lowest BCUT2D eigenvalue weighted by atomic mass is 10.0. The SMILES string of the molecule is CNC(C)(C)CC(=O)NCOCCNC(=O)COC1C#CCCCCC1. The molecule has 0 heterocycles. The summed E-state index contributed by atoms with van der Waals surface area (Å²) in [7, 11) is 1.82. The number of hydrogen-bond donors (Lipinski definition) is 3. The smallest absolute Gasteiger partial charge is 0.246 e. The molecule has 1 atom stereocenters. The average molecular weight is 367 g/mol. The first-order valence-corrected chi connectivity index (χ1v) is 9.33. The van der Waals surface area contributed by atoms with E-state index < -0.39 is 0 Å². The van der Waals surface area contributed by atoms with Gasteiger partial charge in [0.2, 0.25) is 11.8 Å². The van der Waals surface area contributed by atoms with Crippen LogP contribution in [0.3, 0.4) is 0 Å². The number of hydrogen-bond acceptors (Lipinski definition) is 5. The first-order valence-electron chi connectivity index (χ1n) is 9.33. The molecule has 148 valence electrons. The number of ether oxygens (including phenoxy) is 2. The van der Waals surface area contributed by atoms with Gasteiger partial charge >= 0.3 is 0 Å². The zero-order valence-corrected chi connectivity index (χ0v) is 16.3. The maximum atomic E-state index is 11.8. The number of rotatable bonds is 11. The van der Waals surface area contributed by atoms with Crippen molar-refractivity contribution < 1.29 is 19.1 Å². The molecular weight excluding hydrogens is 334 g/mol. The first-order chi connectivity index (χ1) is 12.4. The summed E-state index contributed by atoms with van der Waals surface area (Å²) >= 11 is 0. The molecule has 1 unspecified atom stereocenters. The molecule has 0 fully saturated rings. The van der Waals surface area contributed by atoms with Crippen LogP contribution in [0.2, 0.25) is 0 Å². The maximum Gasteiger partial charge on any atom is 0.246 e. The zero-order valence-electron chi connectivity index (χ0n) is 16.3. The van der Waals surface area contributed by atoms with Crippen LogP contribution in [0.4, 0.5) is 0 Å². The van der Waals surface area contributed by atoms with Crippen molar-refractivity contribution >= 4 is 11.8 Å². The highest BCUT2D eigenvalue weighted by atomic mass is 16.5. The maximum absolute atomic E-state index is 11.8. The first kappa shape index (κ1) is 22.4. The van der Waals surface area contributed by atoms with Gasteiger partial charge in [-0.05, 0) is 40.2 Å². The molecule has 7 heteroatoms. The van der Waals surface area contributed by atoms with E-state index in [-0.39, 0.29) is 36.8 Å². The van der Waals surface area contributed by atoms with E-state index in [1.54, 1.807) is 0 Å². The molecule has 0 saturated heterocycles. The largest absolute Gasteiger partial charge is 0.359 e. The predicted molar refractivity (Wildman–Crippen MR) is 100 cm³/mol. The van der Waals surface area contributed by atoms with Crippen LogP contribution in [-0.2, 0) is 19.1 Å². The second kappa shape index (κ2) is 12.7. The topological polar surface area (TPSA) is 88.7 Å². The third-order valence-corrected chi connectivity index (χ3v) is 4.17. The van der Waals surface area contributed by atoms with Gasteiger partial charge in [0.25, 0.3) is 0 Å². The van der Waals surface area contributed by atoms with Gasteiger partial charge in [-0.15, -0.1) is 5.92 Å².